The summed E-state index contributed by atoms with van der Waals surface area (Å²) in [4.78, 5) is 0. The van der Waals surface area contributed by atoms with Crippen molar-refractivity contribution in [3.05, 3.63) is 35.4 Å². The van der Waals surface area contributed by atoms with E-state index < -0.39 is 0 Å². The highest BCUT2D eigenvalue weighted by Crippen LogP contribution is 2.25. The fourth-order valence-corrected chi connectivity index (χ4v) is 1.86. The predicted molar refractivity (Wildman–Crippen MR) is 64.9 cm³/mol. The molecule has 1 aromatic rings. The van der Waals surface area contributed by atoms with Crippen LogP contribution in [0.25, 0.3) is 0 Å². The highest BCUT2D eigenvalue weighted by atomic mass is 16.3. The smallest absolute Gasteiger partial charge is 0.0795 e. The highest BCUT2D eigenvalue weighted by molar-refractivity contribution is 5.28. The number of hydrogen-bond donors (Lipinski definition) is 1. The zero-order valence-electron chi connectivity index (χ0n) is 10.0. The lowest BCUT2D eigenvalue weighted by atomic mass is 9.93. The van der Waals surface area contributed by atoms with Crippen LogP contribution in [0.15, 0.2) is 24.3 Å². The van der Waals surface area contributed by atoms with Gasteiger partial charge in [-0.15, -0.1) is 0 Å². The van der Waals surface area contributed by atoms with E-state index in [1.54, 1.807) is 0 Å². The average molecular weight is 206 g/mol. The fraction of sp³-hybridized carbons (Fsp3) is 0.571. The molecule has 1 rings (SSSR count). The van der Waals surface area contributed by atoms with Crippen molar-refractivity contribution in [2.45, 2.75) is 46.1 Å². The normalized spacial score (nSPS) is 14.9. The molecular formula is C14H22O. The van der Waals surface area contributed by atoms with Gasteiger partial charge in [-0.3, -0.25) is 0 Å². The number of rotatable bonds is 5. The summed E-state index contributed by atoms with van der Waals surface area (Å²) in [6.07, 6.45) is 2.70. The van der Waals surface area contributed by atoms with Gasteiger partial charge in [0.1, 0.15) is 0 Å². The van der Waals surface area contributed by atoms with Crippen molar-refractivity contribution in [2.24, 2.45) is 5.92 Å². The van der Waals surface area contributed by atoms with Crippen molar-refractivity contribution < 1.29 is 5.11 Å². The monoisotopic (exact) mass is 206 g/mol. The lowest BCUT2D eigenvalue weighted by Gasteiger charge is -2.17. The molecule has 1 nitrogen and oxygen atoms in total. The largest absolute Gasteiger partial charge is 0.388 e. The van der Waals surface area contributed by atoms with Crippen LogP contribution in [0.2, 0.25) is 0 Å². The molecule has 0 saturated carbocycles. The summed E-state index contributed by atoms with van der Waals surface area (Å²) in [6, 6.07) is 8.20. The van der Waals surface area contributed by atoms with Crippen molar-refractivity contribution >= 4 is 0 Å². The number of aliphatic hydroxyl groups excluding tert-OH is 1. The zero-order chi connectivity index (χ0) is 11.3. The minimum Gasteiger partial charge on any atom is -0.388 e. The number of benzene rings is 1. The van der Waals surface area contributed by atoms with E-state index in [-0.39, 0.29) is 6.10 Å². The molecule has 2 atom stereocenters. The molecule has 0 fully saturated rings. The number of aryl methyl sites for hydroxylation is 1. The lowest BCUT2D eigenvalue weighted by molar-refractivity contribution is 0.145. The Bertz CT molecular complexity index is 293. The SMILES string of the molecule is CCc1ccccc1C(O)CC(C)CC. The first-order valence-corrected chi connectivity index (χ1v) is 5.94. The van der Waals surface area contributed by atoms with Crippen LogP contribution in [0.1, 0.15) is 50.8 Å². The Morgan fingerprint density at radius 1 is 1.20 bits per heavy atom. The van der Waals surface area contributed by atoms with E-state index in [0.29, 0.717) is 5.92 Å². The molecule has 15 heavy (non-hydrogen) atoms. The summed E-state index contributed by atoms with van der Waals surface area (Å²) < 4.78 is 0. The molecule has 0 aliphatic rings. The maximum absolute atomic E-state index is 10.1. The predicted octanol–water partition coefficient (Wildman–Crippen LogP) is 3.72. The van der Waals surface area contributed by atoms with Gasteiger partial charge >= 0.3 is 0 Å². The Morgan fingerprint density at radius 3 is 2.47 bits per heavy atom. The first-order valence-electron chi connectivity index (χ1n) is 5.94. The van der Waals surface area contributed by atoms with Gasteiger partial charge in [-0.1, -0.05) is 51.5 Å². The quantitative estimate of drug-likeness (QED) is 0.778. The molecule has 0 saturated heterocycles. The van der Waals surface area contributed by atoms with Gasteiger partial charge in [0.2, 0.25) is 0 Å². The van der Waals surface area contributed by atoms with Crippen LogP contribution in [-0.2, 0) is 6.42 Å². The maximum atomic E-state index is 10.1. The molecule has 1 aromatic carbocycles. The summed E-state index contributed by atoms with van der Waals surface area (Å²) in [6.45, 7) is 6.50. The van der Waals surface area contributed by atoms with Crippen molar-refractivity contribution in [1.29, 1.82) is 0 Å². The highest BCUT2D eigenvalue weighted by Gasteiger charge is 2.13. The minimum atomic E-state index is -0.295. The van der Waals surface area contributed by atoms with Gasteiger partial charge in [0.25, 0.3) is 0 Å². The van der Waals surface area contributed by atoms with Crippen molar-refractivity contribution in [2.75, 3.05) is 0 Å². The van der Waals surface area contributed by atoms with Crippen molar-refractivity contribution in [1.82, 2.24) is 0 Å². The second-order valence-corrected chi connectivity index (χ2v) is 4.32. The third-order valence-corrected chi connectivity index (χ3v) is 3.12. The van der Waals surface area contributed by atoms with Crippen LogP contribution in [0.4, 0.5) is 0 Å². The van der Waals surface area contributed by atoms with Crippen molar-refractivity contribution in [3.8, 4) is 0 Å². The second-order valence-electron chi connectivity index (χ2n) is 4.32. The van der Waals surface area contributed by atoms with Gasteiger partial charge in [0.05, 0.1) is 6.10 Å². The third kappa shape index (κ3) is 3.35. The summed E-state index contributed by atoms with van der Waals surface area (Å²) >= 11 is 0. The molecule has 1 heteroatoms. The van der Waals surface area contributed by atoms with Gasteiger partial charge in [-0.2, -0.15) is 0 Å². The van der Waals surface area contributed by atoms with Crippen LogP contribution >= 0.6 is 0 Å². The molecule has 84 valence electrons. The van der Waals surface area contributed by atoms with E-state index >= 15 is 0 Å². The van der Waals surface area contributed by atoms with Gasteiger partial charge in [-0.25, -0.2) is 0 Å². The molecule has 0 spiro atoms. The van der Waals surface area contributed by atoms with Crippen LogP contribution in [0.5, 0.6) is 0 Å². The lowest BCUT2D eigenvalue weighted by Crippen LogP contribution is -2.06. The van der Waals surface area contributed by atoms with Crippen molar-refractivity contribution in [3.63, 3.8) is 0 Å². The molecule has 0 aromatic heterocycles. The van der Waals surface area contributed by atoms with E-state index in [4.69, 9.17) is 0 Å². The summed E-state index contributed by atoms with van der Waals surface area (Å²) in [5, 5.41) is 10.1. The van der Waals surface area contributed by atoms with E-state index in [2.05, 4.69) is 26.8 Å². The van der Waals surface area contributed by atoms with Crippen LogP contribution < -0.4 is 0 Å². The molecule has 0 heterocycles. The standard InChI is InChI=1S/C14H22O/c1-4-11(3)10-14(15)13-9-7-6-8-12(13)5-2/h6-9,11,14-15H,4-5,10H2,1-3H3. The van der Waals surface area contributed by atoms with Crippen LogP contribution in [-0.4, -0.2) is 5.11 Å². The molecule has 2 unspecified atom stereocenters. The van der Waals surface area contributed by atoms with Gasteiger partial charge in [0.15, 0.2) is 0 Å². The fourth-order valence-electron chi connectivity index (χ4n) is 1.86. The number of aliphatic hydroxyl groups is 1. The summed E-state index contributed by atoms with van der Waals surface area (Å²) in [5.41, 5.74) is 2.38. The molecule has 0 aliphatic carbocycles. The molecule has 0 aliphatic heterocycles. The van der Waals surface area contributed by atoms with Crippen LogP contribution in [0.3, 0.4) is 0 Å². The minimum absolute atomic E-state index is 0.295. The Balaban J connectivity index is 2.76. The Morgan fingerprint density at radius 2 is 1.87 bits per heavy atom. The Hall–Kier alpha value is -0.820. The third-order valence-electron chi connectivity index (χ3n) is 3.12. The first kappa shape index (κ1) is 12.3. The average Bonchev–Trinajstić information content (AvgIpc) is 2.28. The molecule has 0 radical (unpaired) electrons. The Labute approximate surface area is 93.1 Å². The molecule has 1 N–H and O–H groups in total. The maximum Gasteiger partial charge on any atom is 0.0795 e. The molecular weight excluding hydrogens is 184 g/mol. The zero-order valence-corrected chi connectivity index (χ0v) is 10.0. The second kappa shape index (κ2) is 5.92. The van der Waals surface area contributed by atoms with E-state index in [1.165, 1.54) is 5.56 Å². The van der Waals surface area contributed by atoms with Gasteiger partial charge < -0.3 is 5.11 Å². The topological polar surface area (TPSA) is 20.2 Å². The van der Waals surface area contributed by atoms with Crippen LogP contribution in [0, 0.1) is 5.92 Å². The molecule has 0 bridgehead atoms. The molecule has 0 amide bonds. The van der Waals surface area contributed by atoms with E-state index in [0.717, 1.165) is 24.8 Å². The first-order chi connectivity index (χ1) is 7.19. The van der Waals surface area contributed by atoms with Gasteiger partial charge in [-0.05, 0) is 29.9 Å². The van der Waals surface area contributed by atoms with E-state index in [9.17, 15) is 5.11 Å². The summed E-state index contributed by atoms with van der Waals surface area (Å²) in [7, 11) is 0. The summed E-state index contributed by atoms with van der Waals surface area (Å²) in [5.74, 6) is 0.588. The van der Waals surface area contributed by atoms with E-state index in [1.807, 2.05) is 18.2 Å². The van der Waals surface area contributed by atoms with Gasteiger partial charge in [0, 0.05) is 0 Å². The Kier molecular flexibility index (Phi) is 4.83. The number of hydrogen-bond acceptors (Lipinski definition) is 1.